The maximum absolute atomic E-state index is 8.96. The summed E-state index contributed by atoms with van der Waals surface area (Å²) in [5.41, 5.74) is 4.07. The van der Waals surface area contributed by atoms with Crippen LogP contribution in [0.25, 0.3) is 0 Å². The van der Waals surface area contributed by atoms with Crippen molar-refractivity contribution < 1.29 is 14.6 Å². The Bertz CT molecular complexity index is 857. The Morgan fingerprint density at radius 2 is 1.89 bits per heavy atom. The fourth-order valence-corrected chi connectivity index (χ4v) is 3.30. The van der Waals surface area contributed by atoms with Crippen molar-refractivity contribution in [3.8, 4) is 17.2 Å². The summed E-state index contributed by atoms with van der Waals surface area (Å²) in [4.78, 5) is 0. The van der Waals surface area contributed by atoms with Crippen LogP contribution in [-0.4, -0.2) is 18.8 Å². The first-order valence-corrected chi connectivity index (χ1v) is 9.35. The molecule has 2 rings (SSSR count). The predicted octanol–water partition coefficient (Wildman–Crippen LogP) is 6.14. The summed E-state index contributed by atoms with van der Waals surface area (Å²) < 4.78 is 11.7. The monoisotopic (exact) mass is 406 g/mol. The fourth-order valence-electron chi connectivity index (χ4n) is 2.82. The van der Waals surface area contributed by atoms with Gasteiger partial charge >= 0.3 is 0 Å². The minimum Gasteiger partial charge on any atom is -0.493 e. The van der Waals surface area contributed by atoms with Gasteiger partial charge in [0.25, 0.3) is 0 Å². The first kappa shape index (κ1) is 21.4. The van der Waals surface area contributed by atoms with E-state index in [0.717, 1.165) is 28.7 Å². The highest BCUT2D eigenvalue weighted by Gasteiger charge is 2.15. The third-order valence-electron chi connectivity index (χ3n) is 4.17. The Kier molecular flexibility index (Phi) is 7.78. The minimum absolute atomic E-state index is 0.0882. The number of rotatable bonds is 8. The number of ether oxygens (including phenoxy) is 2. The molecule has 0 aromatic heterocycles. The molecule has 2 aromatic carbocycles. The highest BCUT2D eigenvalue weighted by atomic mass is 35.5. The topological polar surface area (TPSA) is 38.7 Å². The van der Waals surface area contributed by atoms with Crippen LogP contribution in [0.4, 0.5) is 0 Å². The van der Waals surface area contributed by atoms with Crippen LogP contribution in [0, 0.1) is 13.8 Å². The Morgan fingerprint density at radius 3 is 2.52 bits per heavy atom. The van der Waals surface area contributed by atoms with Gasteiger partial charge < -0.3 is 14.6 Å². The van der Waals surface area contributed by atoms with Crippen molar-refractivity contribution in [2.75, 3.05) is 13.7 Å². The number of allylic oxidation sites excluding steroid dienone is 2. The molecule has 0 aliphatic carbocycles. The van der Waals surface area contributed by atoms with E-state index in [2.05, 4.69) is 6.58 Å². The van der Waals surface area contributed by atoms with Crippen LogP contribution in [0.5, 0.6) is 17.2 Å². The number of aliphatic hydroxyl groups is 1. The molecule has 5 heteroatoms. The predicted molar refractivity (Wildman–Crippen MR) is 113 cm³/mol. The Morgan fingerprint density at radius 1 is 1.15 bits per heavy atom. The van der Waals surface area contributed by atoms with E-state index in [1.807, 2.05) is 44.2 Å². The quantitative estimate of drug-likeness (QED) is 0.534. The summed E-state index contributed by atoms with van der Waals surface area (Å²) in [6.07, 6.45) is 4.67. The molecule has 0 unspecified atom stereocenters. The maximum Gasteiger partial charge on any atom is 0.172 e. The van der Waals surface area contributed by atoms with Gasteiger partial charge in [0.1, 0.15) is 5.75 Å². The van der Waals surface area contributed by atoms with E-state index in [1.54, 1.807) is 13.2 Å². The van der Waals surface area contributed by atoms with Crippen molar-refractivity contribution >= 4 is 23.2 Å². The van der Waals surface area contributed by atoms with E-state index in [9.17, 15) is 0 Å². The Balaban J connectivity index is 2.40. The average molecular weight is 407 g/mol. The van der Waals surface area contributed by atoms with Crippen LogP contribution in [0.15, 0.2) is 48.0 Å². The zero-order valence-corrected chi connectivity index (χ0v) is 17.3. The lowest BCUT2D eigenvalue weighted by molar-refractivity contribution is 0.342. The van der Waals surface area contributed by atoms with E-state index in [4.69, 9.17) is 37.8 Å². The number of benzene rings is 2. The lowest BCUT2D eigenvalue weighted by atomic mass is 10.0. The molecular weight excluding hydrogens is 383 g/mol. The molecule has 0 bridgehead atoms. The number of methoxy groups -OCH3 is 1. The Labute approximate surface area is 170 Å². The molecule has 0 saturated heterocycles. The zero-order valence-electron chi connectivity index (χ0n) is 15.8. The highest BCUT2D eigenvalue weighted by molar-refractivity contribution is 6.32. The summed E-state index contributed by atoms with van der Waals surface area (Å²) >= 11 is 12.5. The van der Waals surface area contributed by atoms with Gasteiger partial charge in [0.15, 0.2) is 11.5 Å². The summed E-state index contributed by atoms with van der Waals surface area (Å²) in [5, 5.41) is 10.1. The number of aliphatic hydroxyl groups excluding tert-OH is 1. The fraction of sp³-hybridized carbons (Fsp3) is 0.273. The standard InChI is InChI=1S/C22H24Cl2O3/c1-5-6-17-13-20(19(24)10-14(17)2)27-22-15(3)9-16(12-21(22)26-4)11-18(23)7-8-25/h5,7,9-10,12-13,25H,1,6,8,11H2,2-4H3/b18-7+. The van der Waals surface area contributed by atoms with E-state index >= 15 is 0 Å². The van der Waals surface area contributed by atoms with E-state index in [-0.39, 0.29) is 6.61 Å². The van der Waals surface area contributed by atoms with Gasteiger partial charge in [0, 0.05) is 11.5 Å². The van der Waals surface area contributed by atoms with Crippen molar-refractivity contribution in [3.05, 3.63) is 75.3 Å². The molecule has 144 valence electrons. The molecule has 0 saturated carbocycles. The van der Waals surface area contributed by atoms with Crippen molar-refractivity contribution in [3.63, 3.8) is 0 Å². The number of hydrogen-bond donors (Lipinski definition) is 1. The first-order chi connectivity index (χ1) is 12.9. The first-order valence-electron chi connectivity index (χ1n) is 8.60. The number of halogens is 2. The lowest BCUT2D eigenvalue weighted by Gasteiger charge is -2.17. The molecule has 1 N–H and O–H groups in total. The molecule has 0 aliphatic heterocycles. The molecule has 3 nitrogen and oxygen atoms in total. The summed E-state index contributed by atoms with van der Waals surface area (Å²) in [7, 11) is 1.59. The van der Waals surface area contributed by atoms with E-state index in [0.29, 0.717) is 33.7 Å². The van der Waals surface area contributed by atoms with Crippen LogP contribution in [0.2, 0.25) is 5.02 Å². The van der Waals surface area contributed by atoms with Crippen molar-refractivity contribution in [1.82, 2.24) is 0 Å². The highest BCUT2D eigenvalue weighted by Crippen LogP contribution is 2.40. The van der Waals surface area contributed by atoms with Gasteiger partial charge in [0.2, 0.25) is 0 Å². The van der Waals surface area contributed by atoms with Crippen LogP contribution in [0.3, 0.4) is 0 Å². The molecule has 27 heavy (non-hydrogen) atoms. The molecule has 2 aromatic rings. The summed E-state index contributed by atoms with van der Waals surface area (Å²) in [5.74, 6) is 1.78. The van der Waals surface area contributed by atoms with E-state index < -0.39 is 0 Å². The maximum atomic E-state index is 8.96. The van der Waals surface area contributed by atoms with E-state index in [1.165, 1.54) is 0 Å². The zero-order chi connectivity index (χ0) is 20.0. The average Bonchev–Trinajstić information content (AvgIpc) is 2.61. The van der Waals surface area contributed by atoms with Crippen molar-refractivity contribution in [2.45, 2.75) is 26.7 Å². The minimum atomic E-state index is -0.0882. The van der Waals surface area contributed by atoms with Gasteiger partial charge in [-0.2, -0.15) is 0 Å². The molecule has 0 heterocycles. The normalized spacial score (nSPS) is 11.4. The van der Waals surface area contributed by atoms with Gasteiger partial charge in [-0.3, -0.25) is 0 Å². The largest absolute Gasteiger partial charge is 0.493 e. The second-order valence-corrected chi connectivity index (χ2v) is 7.15. The lowest BCUT2D eigenvalue weighted by Crippen LogP contribution is -1.98. The summed E-state index contributed by atoms with van der Waals surface area (Å²) in [6.45, 7) is 7.66. The van der Waals surface area contributed by atoms with Crippen LogP contribution in [-0.2, 0) is 12.8 Å². The number of hydrogen-bond acceptors (Lipinski definition) is 3. The molecule has 0 amide bonds. The van der Waals surface area contributed by atoms with Gasteiger partial charge in [0.05, 0.1) is 18.7 Å². The second-order valence-electron chi connectivity index (χ2n) is 6.26. The smallest absolute Gasteiger partial charge is 0.172 e. The van der Waals surface area contributed by atoms with Crippen LogP contribution in [0.1, 0.15) is 22.3 Å². The van der Waals surface area contributed by atoms with Gasteiger partial charge in [-0.05, 0) is 66.8 Å². The van der Waals surface area contributed by atoms with Gasteiger partial charge in [-0.25, -0.2) is 0 Å². The number of aryl methyl sites for hydroxylation is 2. The molecule has 0 fully saturated rings. The molecule has 0 aliphatic rings. The van der Waals surface area contributed by atoms with Crippen molar-refractivity contribution in [1.29, 1.82) is 0 Å². The van der Waals surface area contributed by atoms with Gasteiger partial charge in [-0.1, -0.05) is 35.3 Å². The molecule has 0 spiro atoms. The third kappa shape index (κ3) is 5.52. The molecule has 0 radical (unpaired) electrons. The third-order valence-corrected chi connectivity index (χ3v) is 4.76. The molecule has 0 atom stereocenters. The molecular formula is C22H24Cl2O3. The van der Waals surface area contributed by atoms with Crippen LogP contribution >= 0.6 is 23.2 Å². The Hall–Kier alpha value is -1.94. The SMILES string of the molecule is C=CCc1cc(Oc2c(C)cc(C/C(Cl)=C\CO)cc2OC)c(Cl)cc1C. The van der Waals surface area contributed by atoms with Gasteiger partial charge in [-0.15, -0.1) is 6.58 Å². The summed E-state index contributed by atoms with van der Waals surface area (Å²) in [6, 6.07) is 7.69. The van der Waals surface area contributed by atoms with Crippen molar-refractivity contribution in [2.24, 2.45) is 0 Å². The van der Waals surface area contributed by atoms with Crippen LogP contribution < -0.4 is 9.47 Å². The second kappa shape index (κ2) is 9.84.